The maximum absolute atomic E-state index is 12.9. The molecular formula is C16H20N4O3. The number of nitrogens with one attached hydrogen (secondary N) is 1. The Hall–Kier alpha value is -2.44. The van der Waals surface area contributed by atoms with E-state index in [4.69, 9.17) is 0 Å². The van der Waals surface area contributed by atoms with E-state index in [0.717, 1.165) is 19.4 Å². The molecule has 0 bridgehead atoms. The Kier molecular flexibility index (Phi) is 4.02. The van der Waals surface area contributed by atoms with Crippen molar-refractivity contribution < 1.29 is 14.4 Å². The summed E-state index contributed by atoms with van der Waals surface area (Å²) in [5.74, 6) is 0.00583. The number of rotatable bonds is 2. The molecule has 1 aromatic heterocycles. The van der Waals surface area contributed by atoms with E-state index in [1.165, 1.54) is 11.1 Å². The lowest BCUT2D eigenvalue weighted by Crippen LogP contribution is -2.47. The molecular weight excluding hydrogens is 296 g/mol. The second-order valence-electron chi connectivity index (χ2n) is 6.10. The highest BCUT2D eigenvalue weighted by atomic mass is 16.2. The normalized spacial score (nSPS) is 20.8. The number of nitrogens with zero attached hydrogens (tertiary/aromatic N) is 3. The number of likely N-dealkylation sites (N-methyl/N-ethyl adjacent to an activating group) is 2. The molecule has 7 nitrogen and oxygen atoms in total. The van der Waals surface area contributed by atoms with Crippen molar-refractivity contribution in [1.29, 1.82) is 0 Å². The standard InChI is InChI=1S/C16H20N4O3/c1-19-8-4-3-5-12(16(19)23)20(2)15(22)10-6-7-17-14-11(10)9-13(21)18-14/h6-7,12H,3-5,8-9H2,1-2H3,(H,17,18,21). The second-order valence-corrected chi connectivity index (χ2v) is 6.10. The van der Waals surface area contributed by atoms with Gasteiger partial charge in [0, 0.05) is 38.0 Å². The SMILES string of the molecule is CN1CCCCC(N(C)C(=O)c2ccnc3c2CC(=O)N3)C1=O. The number of aromatic nitrogens is 1. The van der Waals surface area contributed by atoms with Crippen molar-refractivity contribution in [1.82, 2.24) is 14.8 Å². The molecule has 1 unspecified atom stereocenters. The number of carbonyl (C=O) groups excluding carboxylic acids is 3. The Bertz CT molecular complexity index is 673. The van der Waals surface area contributed by atoms with Crippen LogP contribution in [0.4, 0.5) is 5.82 Å². The first-order chi connectivity index (χ1) is 11.0. The van der Waals surface area contributed by atoms with Crippen LogP contribution < -0.4 is 5.32 Å². The molecule has 3 heterocycles. The van der Waals surface area contributed by atoms with Gasteiger partial charge in [0.1, 0.15) is 11.9 Å². The Morgan fingerprint density at radius 3 is 2.96 bits per heavy atom. The van der Waals surface area contributed by atoms with E-state index in [2.05, 4.69) is 10.3 Å². The number of pyridine rings is 1. The summed E-state index contributed by atoms with van der Waals surface area (Å²) in [5.41, 5.74) is 1.05. The minimum Gasteiger partial charge on any atom is -0.344 e. The molecule has 23 heavy (non-hydrogen) atoms. The molecule has 122 valence electrons. The van der Waals surface area contributed by atoms with Crippen LogP contribution in [0.1, 0.15) is 35.2 Å². The summed E-state index contributed by atoms with van der Waals surface area (Å²) in [5, 5.41) is 2.64. The average molecular weight is 316 g/mol. The maximum atomic E-state index is 12.9. The zero-order valence-corrected chi connectivity index (χ0v) is 13.3. The Morgan fingerprint density at radius 1 is 1.39 bits per heavy atom. The van der Waals surface area contributed by atoms with Gasteiger partial charge in [0.05, 0.1) is 6.42 Å². The molecule has 0 aromatic carbocycles. The van der Waals surface area contributed by atoms with Gasteiger partial charge >= 0.3 is 0 Å². The van der Waals surface area contributed by atoms with E-state index in [1.54, 1.807) is 25.1 Å². The van der Waals surface area contributed by atoms with E-state index >= 15 is 0 Å². The van der Waals surface area contributed by atoms with Crippen LogP contribution >= 0.6 is 0 Å². The molecule has 0 radical (unpaired) electrons. The van der Waals surface area contributed by atoms with Gasteiger partial charge in [-0.15, -0.1) is 0 Å². The van der Waals surface area contributed by atoms with E-state index < -0.39 is 6.04 Å². The zero-order valence-electron chi connectivity index (χ0n) is 13.3. The predicted molar refractivity (Wildman–Crippen MR) is 83.9 cm³/mol. The van der Waals surface area contributed by atoms with Gasteiger partial charge < -0.3 is 15.1 Å². The summed E-state index contributed by atoms with van der Waals surface area (Å²) >= 11 is 0. The fourth-order valence-electron chi connectivity index (χ4n) is 3.18. The highest BCUT2D eigenvalue weighted by Crippen LogP contribution is 2.26. The molecule has 2 aliphatic rings. The Morgan fingerprint density at radius 2 is 2.17 bits per heavy atom. The summed E-state index contributed by atoms with van der Waals surface area (Å²) in [6.07, 6.45) is 4.18. The fraction of sp³-hybridized carbons (Fsp3) is 0.500. The van der Waals surface area contributed by atoms with Crippen molar-refractivity contribution in [3.05, 3.63) is 23.4 Å². The first kappa shape index (κ1) is 15.5. The number of hydrogen-bond acceptors (Lipinski definition) is 4. The molecule has 1 N–H and O–H groups in total. The third-order valence-electron chi connectivity index (χ3n) is 4.55. The zero-order chi connectivity index (χ0) is 16.6. The van der Waals surface area contributed by atoms with Gasteiger partial charge in [0.25, 0.3) is 5.91 Å². The summed E-state index contributed by atoms with van der Waals surface area (Å²) in [7, 11) is 3.42. The van der Waals surface area contributed by atoms with Crippen LogP contribution in [0.2, 0.25) is 0 Å². The average Bonchev–Trinajstić information content (AvgIpc) is 2.84. The van der Waals surface area contributed by atoms with Crippen LogP contribution in [-0.2, 0) is 16.0 Å². The minimum atomic E-state index is -0.455. The lowest BCUT2D eigenvalue weighted by atomic mass is 10.0. The lowest BCUT2D eigenvalue weighted by Gasteiger charge is -2.29. The molecule has 1 atom stereocenters. The highest BCUT2D eigenvalue weighted by molar-refractivity contribution is 6.05. The lowest BCUT2D eigenvalue weighted by molar-refractivity contribution is -0.133. The van der Waals surface area contributed by atoms with Crippen molar-refractivity contribution in [2.75, 3.05) is 26.0 Å². The number of fused-ring (bicyclic) bond motifs is 1. The van der Waals surface area contributed by atoms with Crippen LogP contribution in [0, 0.1) is 0 Å². The van der Waals surface area contributed by atoms with Crippen LogP contribution in [0.5, 0.6) is 0 Å². The highest BCUT2D eigenvalue weighted by Gasteiger charge is 2.33. The van der Waals surface area contributed by atoms with Gasteiger partial charge in [-0.25, -0.2) is 4.98 Å². The largest absolute Gasteiger partial charge is 0.344 e. The van der Waals surface area contributed by atoms with E-state index in [9.17, 15) is 14.4 Å². The van der Waals surface area contributed by atoms with Crippen molar-refractivity contribution in [3.63, 3.8) is 0 Å². The molecule has 3 amide bonds. The Labute approximate surface area is 134 Å². The smallest absolute Gasteiger partial charge is 0.254 e. The summed E-state index contributed by atoms with van der Waals surface area (Å²) < 4.78 is 0. The number of likely N-dealkylation sites (tertiary alicyclic amines) is 1. The van der Waals surface area contributed by atoms with Gasteiger partial charge in [-0.3, -0.25) is 14.4 Å². The number of hydrogen-bond donors (Lipinski definition) is 1. The van der Waals surface area contributed by atoms with E-state index in [1.807, 2.05) is 0 Å². The Balaban J connectivity index is 1.87. The van der Waals surface area contributed by atoms with Crippen molar-refractivity contribution in [3.8, 4) is 0 Å². The van der Waals surface area contributed by atoms with Gasteiger partial charge in [0.2, 0.25) is 11.8 Å². The van der Waals surface area contributed by atoms with Crippen LogP contribution in [0.15, 0.2) is 12.3 Å². The third kappa shape index (κ3) is 2.78. The first-order valence-corrected chi connectivity index (χ1v) is 7.79. The third-order valence-corrected chi connectivity index (χ3v) is 4.55. The summed E-state index contributed by atoms with van der Waals surface area (Å²) in [6.45, 7) is 0.723. The molecule has 2 aliphatic heterocycles. The molecule has 7 heteroatoms. The maximum Gasteiger partial charge on any atom is 0.254 e. The second kappa shape index (κ2) is 5.98. The van der Waals surface area contributed by atoms with Crippen LogP contribution in [0.3, 0.4) is 0 Å². The first-order valence-electron chi connectivity index (χ1n) is 7.79. The monoisotopic (exact) mass is 316 g/mol. The number of amides is 3. The molecule has 3 rings (SSSR count). The summed E-state index contributed by atoms with van der Waals surface area (Å²) in [6, 6.07) is 1.16. The van der Waals surface area contributed by atoms with Crippen LogP contribution in [0.25, 0.3) is 0 Å². The molecule has 0 aliphatic carbocycles. The van der Waals surface area contributed by atoms with Crippen LogP contribution in [-0.4, -0.2) is 59.2 Å². The van der Waals surface area contributed by atoms with Crippen molar-refractivity contribution in [2.45, 2.75) is 31.7 Å². The number of anilines is 1. The van der Waals surface area contributed by atoms with Gasteiger partial charge in [-0.05, 0) is 25.3 Å². The fourth-order valence-corrected chi connectivity index (χ4v) is 3.18. The molecule has 0 spiro atoms. The minimum absolute atomic E-state index is 0.0294. The van der Waals surface area contributed by atoms with Crippen molar-refractivity contribution >= 4 is 23.5 Å². The van der Waals surface area contributed by atoms with Gasteiger partial charge in [0.15, 0.2) is 0 Å². The predicted octanol–water partition coefficient (Wildman–Crippen LogP) is 0.659. The van der Waals surface area contributed by atoms with E-state index in [-0.39, 0.29) is 24.1 Å². The van der Waals surface area contributed by atoms with Crippen molar-refractivity contribution in [2.24, 2.45) is 0 Å². The van der Waals surface area contributed by atoms with Gasteiger partial charge in [-0.1, -0.05) is 0 Å². The summed E-state index contributed by atoms with van der Waals surface area (Å²) in [4.78, 5) is 44.2. The van der Waals surface area contributed by atoms with E-state index in [0.29, 0.717) is 23.4 Å². The molecule has 1 aromatic rings. The topological polar surface area (TPSA) is 82.6 Å². The molecule has 1 saturated heterocycles. The molecule has 1 fully saturated rings. The van der Waals surface area contributed by atoms with Gasteiger partial charge in [-0.2, -0.15) is 0 Å². The quantitative estimate of drug-likeness (QED) is 0.869. The number of carbonyl (C=O) groups is 3. The molecule has 0 saturated carbocycles.